The van der Waals surface area contributed by atoms with Crippen LogP contribution in [0.4, 0.5) is 0 Å². The zero-order valence-electron chi connectivity index (χ0n) is 61.9. The molecule has 0 saturated carbocycles. The minimum atomic E-state index is 1.19. The van der Waals surface area contributed by atoms with Gasteiger partial charge in [0.1, 0.15) is 0 Å². The summed E-state index contributed by atoms with van der Waals surface area (Å²) in [4.78, 5) is 0. The Kier molecular flexibility index (Phi) is 18.6. The van der Waals surface area contributed by atoms with Crippen molar-refractivity contribution in [2.45, 2.75) is 0 Å². The molecule has 0 nitrogen and oxygen atoms in total. The standard InChI is InChI=1S/C62H42.C50H34/c1-5-17-43(18-6-1)47-29-33-49(34-30-47)53-37-51(45-21-9-3-10-22-45)39-55(41-53)61-57-25-13-15-27-59(57)62(60-28-16-14-26-58(60)61)56-40-52(46-23-11-4-12-24-46)38-54(42-56)50-35-31-48(32-36-50)44-19-7-2-8-20-44;1-3-13-35(14-4-1)37-25-29-39(30-26-37)41-17-11-19-43(33-41)49-45-21-7-9-23-47(45)50(48-24-10-8-22-46(48)49)44-20-12-18-42(34-44)40-31-27-38(28-32-40)36-15-5-2-6-16-36/h1-42H;1-34H. The number of fused-ring (bicyclic) bond motifs is 4. The van der Waals surface area contributed by atoms with Crippen molar-refractivity contribution in [3.8, 4) is 156 Å². The van der Waals surface area contributed by atoms with Crippen molar-refractivity contribution in [3.63, 3.8) is 0 Å². The van der Waals surface area contributed by atoms with Crippen molar-refractivity contribution in [1.29, 1.82) is 0 Å². The van der Waals surface area contributed by atoms with Gasteiger partial charge in [-0.15, -0.1) is 0 Å². The average Bonchev–Trinajstić information content (AvgIpc) is 0.736. The first-order valence-electron chi connectivity index (χ1n) is 38.7. The molecular formula is C112H76. The molecule has 0 aromatic heterocycles. The van der Waals surface area contributed by atoms with Gasteiger partial charge in [-0.1, -0.05) is 413 Å². The van der Waals surface area contributed by atoms with Gasteiger partial charge < -0.3 is 0 Å². The topological polar surface area (TPSA) is 0 Å². The van der Waals surface area contributed by atoms with E-state index in [1.54, 1.807) is 0 Å². The monoisotopic (exact) mass is 1420 g/mol. The smallest absolute Gasteiger partial charge is 0.00259 e. The minimum absolute atomic E-state index is 1.19. The van der Waals surface area contributed by atoms with E-state index in [-0.39, 0.29) is 0 Å². The highest BCUT2D eigenvalue weighted by molar-refractivity contribution is 6.23. The largest absolute Gasteiger partial charge is 0.0622 e. The van der Waals surface area contributed by atoms with Crippen molar-refractivity contribution >= 4 is 43.1 Å². The highest BCUT2D eigenvalue weighted by Gasteiger charge is 2.22. The molecule has 20 aromatic rings. The average molecular weight is 1420 g/mol. The van der Waals surface area contributed by atoms with Crippen LogP contribution in [0.1, 0.15) is 0 Å². The van der Waals surface area contributed by atoms with E-state index in [9.17, 15) is 0 Å². The van der Waals surface area contributed by atoms with Crippen molar-refractivity contribution < 1.29 is 0 Å². The summed E-state index contributed by atoms with van der Waals surface area (Å²) in [5, 5.41) is 9.97. The predicted octanol–water partition coefficient (Wildman–Crippen LogP) is 31.3. The molecule has 0 aliphatic carbocycles. The molecule has 0 saturated heterocycles. The normalized spacial score (nSPS) is 11.2. The third-order valence-electron chi connectivity index (χ3n) is 22.1. The molecule has 20 aromatic carbocycles. The Morgan fingerprint density at radius 3 is 0.411 bits per heavy atom. The molecule has 524 valence electrons. The van der Waals surface area contributed by atoms with Crippen LogP contribution in [-0.2, 0) is 0 Å². The predicted molar refractivity (Wildman–Crippen MR) is 479 cm³/mol. The number of rotatable bonds is 14. The van der Waals surface area contributed by atoms with Crippen molar-refractivity contribution in [2.75, 3.05) is 0 Å². The summed E-state index contributed by atoms with van der Waals surface area (Å²) >= 11 is 0. The summed E-state index contributed by atoms with van der Waals surface area (Å²) in [5.74, 6) is 0. The lowest BCUT2D eigenvalue weighted by Gasteiger charge is -2.20. The van der Waals surface area contributed by atoms with Gasteiger partial charge in [-0.25, -0.2) is 0 Å². The maximum atomic E-state index is 2.39. The molecule has 0 spiro atoms. The Morgan fingerprint density at radius 1 is 0.0714 bits per heavy atom. The molecule has 0 aliphatic rings. The van der Waals surface area contributed by atoms with E-state index in [1.165, 1.54) is 199 Å². The molecule has 0 unspecified atom stereocenters. The SMILES string of the molecule is c1ccc(-c2ccc(-c3cc(-c4ccccc4)cc(-c4c5ccccc5c(-c5cc(-c6ccccc6)cc(-c6ccc(-c7ccccc7)cc6)c5)c5ccccc45)c3)cc2)cc1.c1ccc(-c2ccc(-c3cccc(-c4c5ccccc5c(-c5cccc(-c6ccc(-c7ccccc7)cc6)c5)c5ccccc45)c3)cc2)cc1. The van der Waals surface area contributed by atoms with Gasteiger partial charge in [0.25, 0.3) is 0 Å². The van der Waals surface area contributed by atoms with Crippen LogP contribution in [0.2, 0.25) is 0 Å². The highest BCUT2D eigenvalue weighted by Crippen LogP contribution is 2.49. The van der Waals surface area contributed by atoms with Gasteiger partial charge >= 0.3 is 0 Å². The second-order valence-electron chi connectivity index (χ2n) is 28.9. The Hall–Kier alpha value is -14.6. The summed E-state index contributed by atoms with van der Waals surface area (Å²) in [6.45, 7) is 0. The van der Waals surface area contributed by atoms with Crippen LogP contribution in [0.15, 0.2) is 461 Å². The van der Waals surface area contributed by atoms with Gasteiger partial charge in [0, 0.05) is 0 Å². The van der Waals surface area contributed by atoms with E-state index in [1.807, 2.05) is 0 Å². The van der Waals surface area contributed by atoms with E-state index in [4.69, 9.17) is 0 Å². The van der Waals surface area contributed by atoms with Crippen LogP contribution in [0.25, 0.3) is 199 Å². The molecule has 0 aliphatic heterocycles. The third-order valence-corrected chi connectivity index (χ3v) is 22.1. The molecule has 0 radical (unpaired) electrons. The third kappa shape index (κ3) is 13.7. The Bertz CT molecular complexity index is 6220. The summed E-state index contributed by atoms with van der Waals surface area (Å²) in [5.41, 5.74) is 34.1. The lowest BCUT2D eigenvalue weighted by molar-refractivity contribution is 1.56. The van der Waals surface area contributed by atoms with Gasteiger partial charge in [0.15, 0.2) is 0 Å². The first kappa shape index (κ1) is 68.0. The summed E-state index contributed by atoms with van der Waals surface area (Å²) < 4.78 is 0. The maximum absolute atomic E-state index is 2.39. The van der Waals surface area contributed by atoms with Crippen molar-refractivity contribution in [3.05, 3.63) is 461 Å². The van der Waals surface area contributed by atoms with E-state index in [0.717, 1.165) is 0 Å². The Morgan fingerprint density at radius 2 is 0.196 bits per heavy atom. The van der Waals surface area contributed by atoms with E-state index in [2.05, 4.69) is 461 Å². The van der Waals surface area contributed by atoms with Crippen molar-refractivity contribution in [1.82, 2.24) is 0 Å². The fourth-order valence-corrected chi connectivity index (χ4v) is 16.6. The maximum Gasteiger partial charge on any atom is -0.00259 e. The van der Waals surface area contributed by atoms with Crippen LogP contribution >= 0.6 is 0 Å². The molecule has 0 heterocycles. The molecule has 0 N–H and O–H groups in total. The van der Waals surface area contributed by atoms with Crippen LogP contribution in [0, 0.1) is 0 Å². The fourth-order valence-electron chi connectivity index (χ4n) is 16.6. The molecule has 0 amide bonds. The molecule has 0 fully saturated rings. The Balaban J connectivity index is 0.000000154. The van der Waals surface area contributed by atoms with Crippen molar-refractivity contribution in [2.24, 2.45) is 0 Å². The molecular weight excluding hydrogens is 1350 g/mol. The van der Waals surface area contributed by atoms with Gasteiger partial charge in [-0.3, -0.25) is 0 Å². The quantitative estimate of drug-likeness (QED) is 0.0952. The zero-order chi connectivity index (χ0) is 74.5. The second-order valence-corrected chi connectivity index (χ2v) is 28.9. The molecule has 20 rings (SSSR count). The van der Waals surface area contributed by atoms with Crippen LogP contribution in [0.5, 0.6) is 0 Å². The number of hydrogen-bond donors (Lipinski definition) is 0. The zero-order valence-corrected chi connectivity index (χ0v) is 61.9. The molecule has 0 bridgehead atoms. The van der Waals surface area contributed by atoms with Gasteiger partial charge in [0.05, 0.1) is 0 Å². The summed E-state index contributed by atoms with van der Waals surface area (Å²) in [7, 11) is 0. The van der Waals surface area contributed by atoms with Crippen LogP contribution in [0.3, 0.4) is 0 Å². The van der Waals surface area contributed by atoms with E-state index < -0.39 is 0 Å². The summed E-state index contributed by atoms with van der Waals surface area (Å²) in [6.07, 6.45) is 0. The number of benzene rings is 20. The van der Waals surface area contributed by atoms with Gasteiger partial charge in [-0.05, 0) is 247 Å². The lowest BCUT2D eigenvalue weighted by atomic mass is 9.83. The number of hydrogen-bond acceptors (Lipinski definition) is 0. The van der Waals surface area contributed by atoms with E-state index >= 15 is 0 Å². The van der Waals surface area contributed by atoms with Gasteiger partial charge in [0.2, 0.25) is 0 Å². The lowest BCUT2D eigenvalue weighted by Crippen LogP contribution is -1.93. The molecule has 112 heavy (non-hydrogen) atoms. The Labute approximate surface area is 655 Å². The minimum Gasteiger partial charge on any atom is -0.0622 e. The summed E-state index contributed by atoms with van der Waals surface area (Å²) in [6, 6.07) is 168. The van der Waals surface area contributed by atoms with Crippen LogP contribution < -0.4 is 0 Å². The second kappa shape index (κ2) is 30.6. The van der Waals surface area contributed by atoms with Crippen LogP contribution in [-0.4, -0.2) is 0 Å². The van der Waals surface area contributed by atoms with Gasteiger partial charge in [-0.2, -0.15) is 0 Å². The first-order chi connectivity index (χ1) is 55.5. The fraction of sp³-hybridized carbons (Fsp3) is 0. The van der Waals surface area contributed by atoms with E-state index in [0.29, 0.717) is 0 Å². The molecule has 0 heteroatoms. The highest BCUT2D eigenvalue weighted by atomic mass is 14.3. The first-order valence-corrected chi connectivity index (χ1v) is 38.7. The molecule has 0 atom stereocenters.